The third-order valence-corrected chi connectivity index (χ3v) is 3.81. The summed E-state index contributed by atoms with van der Waals surface area (Å²) in [4.78, 5) is 7.12. The molecule has 112 valence electrons. The molecule has 1 aliphatic rings. The number of aromatic nitrogens is 1. The van der Waals surface area contributed by atoms with Crippen LogP contribution in [0.25, 0.3) is 0 Å². The van der Waals surface area contributed by atoms with Crippen molar-refractivity contribution in [1.29, 1.82) is 0 Å². The summed E-state index contributed by atoms with van der Waals surface area (Å²) in [6, 6.07) is 5.53. The third kappa shape index (κ3) is 4.20. The number of hydrogen-bond donors (Lipinski definition) is 1. The van der Waals surface area contributed by atoms with Crippen LogP contribution in [0.3, 0.4) is 0 Å². The average Bonchev–Trinajstić information content (AvgIpc) is 3.26. The molecule has 1 heterocycles. The molecule has 1 atom stereocenters. The van der Waals surface area contributed by atoms with Gasteiger partial charge in [0.25, 0.3) is 0 Å². The average molecular weight is 275 g/mol. The van der Waals surface area contributed by atoms with Crippen LogP contribution in [-0.2, 0) is 0 Å². The minimum atomic E-state index is 0.400. The molecule has 0 saturated heterocycles. The lowest BCUT2D eigenvalue weighted by Crippen LogP contribution is -2.31. The zero-order valence-electron chi connectivity index (χ0n) is 13.4. The van der Waals surface area contributed by atoms with Crippen molar-refractivity contribution < 1.29 is 0 Å². The maximum Gasteiger partial charge on any atom is 0.129 e. The van der Waals surface area contributed by atoms with E-state index in [1.54, 1.807) is 0 Å². The molecule has 1 fully saturated rings. The van der Waals surface area contributed by atoms with Gasteiger partial charge >= 0.3 is 0 Å². The van der Waals surface area contributed by atoms with Crippen LogP contribution in [0.1, 0.15) is 58.6 Å². The Morgan fingerprint density at radius 2 is 2.10 bits per heavy atom. The number of hydrogen-bond acceptors (Lipinski definition) is 3. The van der Waals surface area contributed by atoms with Crippen LogP contribution in [0.4, 0.5) is 5.82 Å². The predicted octanol–water partition coefficient (Wildman–Crippen LogP) is 3.77. The zero-order chi connectivity index (χ0) is 14.5. The number of rotatable bonds is 8. The molecule has 0 aromatic carbocycles. The van der Waals surface area contributed by atoms with Crippen molar-refractivity contribution >= 4 is 5.82 Å². The summed E-state index contributed by atoms with van der Waals surface area (Å²) in [5.74, 6) is 1.83. The highest BCUT2D eigenvalue weighted by Crippen LogP contribution is 2.32. The van der Waals surface area contributed by atoms with E-state index >= 15 is 0 Å². The normalized spacial score (nSPS) is 16.4. The van der Waals surface area contributed by atoms with E-state index in [4.69, 9.17) is 0 Å². The minimum absolute atomic E-state index is 0.400. The molecule has 1 aromatic rings. The van der Waals surface area contributed by atoms with Crippen LogP contribution in [0.15, 0.2) is 18.3 Å². The summed E-state index contributed by atoms with van der Waals surface area (Å²) in [5, 5.41) is 3.55. The van der Waals surface area contributed by atoms with Gasteiger partial charge in [-0.15, -0.1) is 0 Å². The fourth-order valence-corrected chi connectivity index (χ4v) is 2.55. The molecular formula is C17H29N3. The fraction of sp³-hybridized carbons (Fsp3) is 0.706. The molecule has 0 amide bonds. The number of anilines is 1. The Balaban J connectivity index is 2.10. The Morgan fingerprint density at radius 1 is 1.35 bits per heavy atom. The number of pyridine rings is 1. The molecule has 1 unspecified atom stereocenters. The van der Waals surface area contributed by atoms with E-state index < -0.39 is 0 Å². The first-order valence-corrected chi connectivity index (χ1v) is 8.07. The molecule has 0 radical (unpaired) electrons. The topological polar surface area (TPSA) is 28.2 Å². The molecule has 1 saturated carbocycles. The van der Waals surface area contributed by atoms with Crippen LogP contribution in [0.2, 0.25) is 0 Å². The Labute approximate surface area is 123 Å². The highest BCUT2D eigenvalue weighted by Gasteiger charge is 2.30. The highest BCUT2D eigenvalue weighted by atomic mass is 15.2. The summed E-state index contributed by atoms with van der Waals surface area (Å²) >= 11 is 0. The Kier molecular flexibility index (Phi) is 5.41. The van der Waals surface area contributed by atoms with Gasteiger partial charge in [-0.2, -0.15) is 0 Å². The van der Waals surface area contributed by atoms with Gasteiger partial charge in [0.05, 0.1) is 0 Å². The van der Waals surface area contributed by atoms with Crippen LogP contribution in [-0.4, -0.2) is 24.1 Å². The molecule has 0 aliphatic heterocycles. The van der Waals surface area contributed by atoms with Crippen molar-refractivity contribution in [1.82, 2.24) is 10.3 Å². The van der Waals surface area contributed by atoms with Gasteiger partial charge < -0.3 is 10.2 Å². The summed E-state index contributed by atoms with van der Waals surface area (Å²) in [5.41, 5.74) is 1.35. The van der Waals surface area contributed by atoms with E-state index in [0.29, 0.717) is 12.0 Å². The maximum absolute atomic E-state index is 4.61. The summed E-state index contributed by atoms with van der Waals surface area (Å²) < 4.78 is 0. The second-order valence-electron chi connectivity index (χ2n) is 6.40. The first-order chi connectivity index (χ1) is 9.61. The van der Waals surface area contributed by atoms with Crippen molar-refractivity contribution in [3.63, 3.8) is 0 Å². The Hall–Kier alpha value is -1.09. The standard InChI is InChI=1S/C17H29N3/c1-5-9-18-14(4)15-8-10-19-17(11-15)20(12-13(2)3)16-6-7-16/h8,10-11,13-14,16,18H,5-7,9,12H2,1-4H3. The first kappa shape index (κ1) is 15.3. The van der Waals surface area contributed by atoms with Crippen molar-refractivity contribution in [3.8, 4) is 0 Å². The van der Waals surface area contributed by atoms with Crippen LogP contribution >= 0.6 is 0 Å². The molecular weight excluding hydrogens is 246 g/mol. The van der Waals surface area contributed by atoms with Crippen LogP contribution < -0.4 is 10.2 Å². The van der Waals surface area contributed by atoms with Crippen molar-refractivity contribution in [2.75, 3.05) is 18.0 Å². The molecule has 1 N–H and O–H groups in total. The van der Waals surface area contributed by atoms with Gasteiger partial charge in [-0.25, -0.2) is 4.98 Å². The largest absolute Gasteiger partial charge is 0.353 e. The van der Waals surface area contributed by atoms with E-state index in [2.05, 4.69) is 55.0 Å². The lowest BCUT2D eigenvalue weighted by Gasteiger charge is -2.26. The van der Waals surface area contributed by atoms with Crippen molar-refractivity contribution in [2.24, 2.45) is 5.92 Å². The van der Waals surface area contributed by atoms with E-state index in [1.807, 2.05) is 6.20 Å². The SMILES string of the molecule is CCCNC(C)c1ccnc(N(CC(C)C)C2CC2)c1. The van der Waals surface area contributed by atoms with E-state index in [1.165, 1.54) is 24.8 Å². The smallest absolute Gasteiger partial charge is 0.129 e. The maximum atomic E-state index is 4.61. The van der Waals surface area contributed by atoms with Gasteiger partial charge in [-0.1, -0.05) is 20.8 Å². The molecule has 3 nitrogen and oxygen atoms in total. The van der Waals surface area contributed by atoms with Crippen molar-refractivity contribution in [3.05, 3.63) is 23.9 Å². The van der Waals surface area contributed by atoms with E-state index in [0.717, 1.165) is 24.9 Å². The second kappa shape index (κ2) is 7.07. The van der Waals surface area contributed by atoms with Gasteiger partial charge in [0, 0.05) is 24.8 Å². The highest BCUT2D eigenvalue weighted by molar-refractivity contribution is 5.44. The quantitative estimate of drug-likeness (QED) is 0.783. The molecule has 2 rings (SSSR count). The van der Waals surface area contributed by atoms with Crippen molar-refractivity contribution in [2.45, 2.75) is 59.0 Å². The van der Waals surface area contributed by atoms with Gasteiger partial charge in [0.15, 0.2) is 0 Å². The Bertz CT molecular complexity index is 412. The lowest BCUT2D eigenvalue weighted by molar-refractivity contribution is 0.568. The number of nitrogens with zero attached hydrogens (tertiary/aromatic N) is 2. The van der Waals surface area contributed by atoms with Crippen LogP contribution in [0, 0.1) is 5.92 Å². The van der Waals surface area contributed by atoms with E-state index in [-0.39, 0.29) is 0 Å². The molecule has 3 heteroatoms. The Morgan fingerprint density at radius 3 is 2.70 bits per heavy atom. The molecule has 0 spiro atoms. The number of nitrogens with one attached hydrogen (secondary N) is 1. The molecule has 0 bridgehead atoms. The molecule has 1 aromatic heterocycles. The van der Waals surface area contributed by atoms with Crippen LogP contribution in [0.5, 0.6) is 0 Å². The van der Waals surface area contributed by atoms with E-state index in [9.17, 15) is 0 Å². The minimum Gasteiger partial charge on any atom is -0.353 e. The van der Waals surface area contributed by atoms with Gasteiger partial charge in [-0.05, 0) is 56.3 Å². The monoisotopic (exact) mass is 275 g/mol. The molecule has 20 heavy (non-hydrogen) atoms. The predicted molar refractivity (Wildman–Crippen MR) is 86.2 cm³/mol. The summed E-state index contributed by atoms with van der Waals surface area (Å²) in [6.45, 7) is 11.2. The third-order valence-electron chi connectivity index (χ3n) is 3.81. The zero-order valence-corrected chi connectivity index (χ0v) is 13.4. The van der Waals surface area contributed by atoms with Gasteiger partial charge in [0.1, 0.15) is 5.82 Å². The summed E-state index contributed by atoms with van der Waals surface area (Å²) in [6.07, 6.45) is 5.78. The molecule has 1 aliphatic carbocycles. The fourth-order valence-electron chi connectivity index (χ4n) is 2.55. The summed E-state index contributed by atoms with van der Waals surface area (Å²) in [7, 11) is 0. The first-order valence-electron chi connectivity index (χ1n) is 8.07. The van der Waals surface area contributed by atoms with Gasteiger partial charge in [-0.3, -0.25) is 0 Å². The van der Waals surface area contributed by atoms with Gasteiger partial charge in [0.2, 0.25) is 0 Å². The lowest BCUT2D eigenvalue weighted by atomic mass is 10.1. The second-order valence-corrected chi connectivity index (χ2v) is 6.40.